The summed E-state index contributed by atoms with van der Waals surface area (Å²) >= 11 is 0. The van der Waals surface area contributed by atoms with Crippen molar-refractivity contribution in [3.8, 4) is 0 Å². The van der Waals surface area contributed by atoms with E-state index in [-0.39, 0.29) is 23.2 Å². The zero-order valence-electron chi connectivity index (χ0n) is 15.4. The lowest BCUT2D eigenvalue weighted by molar-refractivity contribution is -0.133. The number of likely N-dealkylation sites (N-methyl/N-ethyl adjacent to an activating group) is 1. The van der Waals surface area contributed by atoms with Gasteiger partial charge in [-0.15, -0.1) is 0 Å². The van der Waals surface area contributed by atoms with E-state index in [2.05, 4.69) is 0 Å². The van der Waals surface area contributed by atoms with E-state index >= 15 is 0 Å². The molecule has 0 aliphatic carbocycles. The number of rotatable bonds is 5. The summed E-state index contributed by atoms with van der Waals surface area (Å²) in [6.45, 7) is 2.44. The van der Waals surface area contributed by atoms with Crippen molar-refractivity contribution in [2.75, 3.05) is 13.6 Å². The van der Waals surface area contributed by atoms with Crippen molar-refractivity contribution in [3.63, 3.8) is 0 Å². The Morgan fingerprint density at radius 3 is 2.59 bits per heavy atom. The third-order valence-electron chi connectivity index (χ3n) is 4.80. The van der Waals surface area contributed by atoms with Gasteiger partial charge in [0, 0.05) is 20.1 Å². The van der Waals surface area contributed by atoms with Gasteiger partial charge in [0.15, 0.2) is 0 Å². The quantitative estimate of drug-likeness (QED) is 0.789. The Morgan fingerprint density at radius 1 is 1.22 bits per heavy atom. The highest BCUT2D eigenvalue weighted by Crippen LogP contribution is 2.27. The van der Waals surface area contributed by atoms with Gasteiger partial charge in [0.05, 0.1) is 4.90 Å². The smallest absolute Gasteiger partial charge is 0.243 e. The van der Waals surface area contributed by atoms with Gasteiger partial charge in [-0.3, -0.25) is 4.79 Å². The second-order valence-corrected chi connectivity index (χ2v) is 8.80. The van der Waals surface area contributed by atoms with Crippen molar-refractivity contribution < 1.29 is 17.6 Å². The third-order valence-corrected chi connectivity index (χ3v) is 6.72. The number of nitrogens with zero attached hydrogens (tertiary/aromatic N) is 2. The summed E-state index contributed by atoms with van der Waals surface area (Å²) in [4.78, 5) is 14.6. The molecule has 0 bridgehead atoms. The Kier molecular flexibility index (Phi) is 5.62. The number of hydrogen-bond acceptors (Lipinski definition) is 3. The lowest BCUT2D eigenvalue weighted by Crippen LogP contribution is -2.46. The number of sulfonamides is 1. The van der Waals surface area contributed by atoms with E-state index in [0.29, 0.717) is 24.9 Å². The first kappa shape index (κ1) is 19.5. The number of halogens is 1. The summed E-state index contributed by atoms with van der Waals surface area (Å²) in [5.41, 5.74) is 1.63. The SMILES string of the molecule is Cc1ccc(S(=O)(=O)N2CCCC2C(=O)N(C)Cc2cccc(F)c2)cc1. The number of benzene rings is 2. The number of amides is 1. The van der Waals surface area contributed by atoms with Gasteiger partial charge in [-0.2, -0.15) is 4.31 Å². The first-order valence-electron chi connectivity index (χ1n) is 8.87. The maximum atomic E-state index is 13.4. The molecule has 0 saturated carbocycles. The Bertz CT molecular complexity index is 928. The van der Waals surface area contributed by atoms with Crippen LogP contribution in [0.2, 0.25) is 0 Å². The van der Waals surface area contributed by atoms with Crippen LogP contribution in [0.15, 0.2) is 53.4 Å². The molecule has 1 atom stereocenters. The maximum Gasteiger partial charge on any atom is 0.243 e. The Morgan fingerprint density at radius 2 is 1.93 bits per heavy atom. The fraction of sp³-hybridized carbons (Fsp3) is 0.350. The molecule has 1 heterocycles. The molecular formula is C20H23FN2O3S. The molecule has 1 saturated heterocycles. The van der Waals surface area contributed by atoms with Gasteiger partial charge >= 0.3 is 0 Å². The van der Waals surface area contributed by atoms with Crippen LogP contribution < -0.4 is 0 Å². The highest BCUT2D eigenvalue weighted by Gasteiger charge is 2.40. The minimum absolute atomic E-state index is 0.195. The predicted octanol–water partition coefficient (Wildman–Crippen LogP) is 2.95. The first-order chi connectivity index (χ1) is 12.8. The lowest BCUT2D eigenvalue weighted by Gasteiger charge is -2.27. The number of carbonyl (C=O) groups excluding carboxylic acids is 1. The predicted molar refractivity (Wildman–Crippen MR) is 101 cm³/mol. The number of hydrogen-bond donors (Lipinski definition) is 0. The van der Waals surface area contributed by atoms with Crippen LogP contribution in [0.5, 0.6) is 0 Å². The van der Waals surface area contributed by atoms with Crippen molar-refractivity contribution in [2.45, 2.75) is 37.2 Å². The van der Waals surface area contributed by atoms with E-state index in [1.54, 1.807) is 43.4 Å². The Hall–Kier alpha value is -2.25. The van der Waals surface area contributed by atoms with Crippen molar-refractivity contribution in [3.05, 3.63) is 65.5 Å². The monoisotopic (exact) mass is 390 g/mol. The summed E-state index contributed by atoms with van der Waals surface area (Å²) in [5, 5.41) is 0. The van der Waals surface area contributed by atoms with E-state index in [9.17, 15) is 17.6 Å². The molecule has 1 unspecified atom stereocenters. The number of carbonyl (C=O) groups is 1. The zero-order valence-corrected chi connectivity index (χ0v) is 16.2. The van der Waals surface area contributed by atoms with Crippen LogP contribution in [-0.4, -0.2) is 43.2 Å². The van der Waals surface area contributed by atoms with Gasteiger partial charge in [0.25, 0.3) is 0 Å². The molecule has 1 fully saturated rings. The second kappa shape index (κ2) is 7.78. The highest BCUT2D eigenvalue weighted by molar-refractivity contribution is 7.89. The molecule has 2 aromatic carbocycles. The summed E-state index contributed by atoms with van der Waals surface area (Å²) in [7, 11) is -2.12. The largest absolute Gasteiger partial charge is 0.340 e. The van der Waals surface area contributed by atoms with Crippen LogP contribution in [-0.2, 0) is 21.4 Å². The van der Waals surface area contributed by atoms with Crippen molar-refractivity contribution >= 4 is 15.9 Å². The van der Waals surface area contributed by atoms with Gasteiger partial charge in [-0.1, -0.05) is 29.8 Å². The standard InChI is InChI=1S/C20H23FN2O3S/c1-15-8-10-18(11-9-15)27(25,26)23-12-4-7-19(23)20(24)22(2)14-16-5-3-6-17(21)13-16/h3,5-6,8-11,13,19H,4,7,12,14H2,1-2H3. The van der Waals surface area contributed by atoms with E-state index in [1.165, 1.54) is 21.3 Å². The van der Waals surface area contributed by atoms with Crippen LogP contribution in [0.4, 0.5) is 4.39 Å². The highest BCUT2D eigenvalue weighted by atomic mass is 32.2. The second-order valence-electron chi connectivity index (χ2n) is 6.91. The summed E-state index contributed by atoms with van der Waals surface area (Å²) in [6.07, 6.45) is 1.12. The average Bonchev–Trinajstić information content (AvgIpc) is 3.12. The topological polar surface area (TPSA) is 57.7 Å². The Balaban J connectivity index is 1.78. The fourth-order valence-corrected chi connectivity index (χ4v) is 5.01. The molecule has 3 rings (SSSR count). The molecule has 5 nitrogen and oxygen atoms in total. The van der Waals surface area contributed by atoms with Crippen LogP contribution in [0, 0.1) is 12.7 Å². The molecule has 0 N–H and O–H groups in total. The third kappa shape index (κ3) is 4.20. The van der Waals surface area contributed by atoms with Crippen LogP contribution >= 0.6 is 0 Å². The van der Waals surface area contributed by atoms with Gasteiger partial charge in [-0.05, 0) is 49.6 Å². The molecule has 0 radical (unpaired) electrons. The molecular weight excluding hydrogens is 367 g/mol. The average molecular weight is 390 g/mol. The van der Waals surface area contributed by atoms with Crippen molar-refractivity contribution in [1.82, 2.24) is 9.21 Å². The molecule has 1 aliphatic rings. The maximum absolute atomic E-state index is 13.4. The molecule has 0 aromatic heterocycles. The molecule has 2 aromatic rings. The van der Waals surface area contributed by atoms with Crippen molar-refractivity contribution in [1.29, 1.82) is 0 Å². The van der Waals surface area contributed by atoms with E-state index < -0.39 is 16.1 Å². The first-order valence-corrected chi connectivity index (χ1v) is 10.3. The van der Waals surface area contributed by atoms with E-state index in [4.69, 9.17) is 0 Å². The zero-order chi connectivity index (χ0) is 19.6. The minimum atomic E-state index is -3.74. The summed E-state index contributed by atoms with van der Waals surface area (Å²) in [6, 6.07) is 12.0. The molecule has 7 heteroatoms. The van der Waals surface area contributed by atoms with Crippen molar-refractivity contribution in [2.24, 2.45) is 0 Å². The van der Waals surface area contributed by atoms with E-state index in [0.717, 1.165) is 5.56 Å². The normalized spacial score (nSPS) is 17.8. The molecule has 144 valence electrons. The van der Waals surface area contributed by atoms with Gasteiger partial charge < -0.3 is 4.90 Å². The lowest BCUT2D eigenvalue weighted by atomic mass is 10.1. The molecule has 0 spiro atoms. The molecule has 1 aliphatic heterocycles. The number of aryl methyl sites for hydroxylation is 1. The summed E-state index contributed by atoms with van der Waals surface area (Å²) in [5.74, 6) is -0.634. The van der Waals surface area contributed by atoms with Gasteiger partial charge in [0.2, 0.25) is 15.9 Å². The van der Waals surface area contributed by atoms with Gasteiger partial charge in [-0.25, -0.2) is 12.8 Å². The van der Waals surface area contributed by atoms with Gasteiger partial charge in [0.1, 0.15) is 11.9 Å². The van der Waals surface area contributed by atoms with Crippen LogP contribution in [0.25, 0.3) is 0 Å². The summed E-state index contributed by atoms with van der Waals surface area (Å²) < 4.78 is 40.6. The molecule has 1 amide bonds. The van der Waals surface area contributed by atoms with Crippen LogP contribution in [0.1, 0.15) is 24.0 Å². The Labute approximate surface area is 159 Å². The minimum Gasteiger partial charge on any atom is -0.340 e. The fourth-order valence-electron chi connectivity index (χ4n) is 3.36. The molecule has 27 heavy (non-hydrogen) atoms. The van der Waals surface area contributed by atoms with E-state index in [1.807, 2.05) is 6.92 Å². The van der Waals surface area contributed by atoms with Crippen LogP contribution in [0.3, 0.4) is 0 Å².